The van der Waals surface area contributed by atoms with E-state index in [4.69, 9.17) is 0 Å². The van der Waals surface area contributed by atoms with Crippen LogP contribution < -0.4 is 10.6 Å². The van der Waals surface area contributed by atoms with Crippen molar-refractivity contribution in [1.82, 2.24) is 15.5 Å². The molecule has 0 spiro atoms. The van der Waals surface area contributed by atoms with Gasteiger partial charge >= 0.3 is 0 Å². The Morgan fingerprint density at radius 3 is 2.64 bits per heavy atom. The zero-order valence-corrected chi connectivity index (χ0v) is 15.5. The molecular formula is C16H28Cl3N3. The third kappa shape index (κ3) is 4.98. The molecule has 6 heteroatoms. The van der Waals surface area contributed by atoms with Crippen molar-refractivity contribution in [2.24, 2.45) is 0 Å². The second-order valence-electron chi connectivity index (χ2n) is 5.78. The molecule has 0 bridgehead atoms. The molecule has 0 aromatic heterocycles. The van der Waals surface area contributed by atoms with Gasteiger partial charge in [-0.05, 0) is 37.4 Å². The van der Waals surface area contributed by atoms with Crippen molar-refractivity contribution in [2.75, 3.05) is 33.2 Å². The molecule has 2 aliphatic heterocycles. The lowest BCUT2D eigenvalue weighted by Gasteiger charge is -2.43. The van der Waals surface area contributed by atoms with E-state index in [0.29, 0.717) is 12.1 Å². The van der Waals surface area contributed by atoms with Crippen LogP contribution in [0.2, 0.25) is 0 Å². The molecule has 128 valence electrons. The summed E-state index contributed by atoms with van der Waals surface area (Å²) in [6, 6.07) is 10.3. The van der Waals surface area contributed by atoms with E-state index in [1.54, 1.807) is 11.1 Å². The molecule has 1 fully saturated rings. The maximum atomic E-state index is 3.70. The highest BCUT2D eigenvalue weighted by molar-refractivity contribution is 5.86. The smallest absolute Gasteiger partial charge is 0.0365 e. The Morgan fingerprint density at radius 2 is 1.86 bits per heavy atom. The Labute approximate surface area is 152 Å². The quantitative estimate of drug-likeness (QED) is 0.800. The summed E-state index contributed by atoms with van der Waals surface area (Å²) in [6.45, 7) is 4.62. The molecule has 2 heterocycles. The van der Waals surface area contributed by atoms with Crippen molar-refractivity contribution in [3.63, 3.8) is 0 Å². The minimum Gasteiger partial charge on any atom is -0.318 e. The van der Waals surface area contributed by atoms with Gasteiger partial charge in [0.05, 0.1) is 0 Å². The van der Waals surface area contributed by atoms with Gasteiger partial charge in [-0.3, -0.25) is 4.90 Å². The van der Waals surface area contributed by atoms with Gasteiger partial charge in [0, 0.05) is 38.3 Å². The van der Waals surface area contributed by atoms with Crippen LogP contribution in [-0.4, -0.2) is 44.2 Å². The fraction of sp³-hybridized carbons (Fsp3) is 0.625. The molecule has 3 nitrogen and oxygen atoms in total. The molecule has 0 saturated carbocycles. The Kier molecular flexibility index (Phi) is 10.7. The van der Waals surface area contributed by atoms with Gasteiger partial charge in [0.25, 0.3) is 0 Å². The summed E-state index contributed by atoms with van der Waals surface area (Å²) in [5, 5.41) is 6.90. The number of benzene rings is 1. The number of nitrogens with zero attached hydrogens (tertiary/aromatic N) is 1. The zero-order chi connectivity index (χ0) is 13.1. The molecule has 1 aromatic carbocycles. The van der Waals surface area contributed by atoms with Gasteiger partial charge in [0.2, 0.25) is 0 Å². The summed E-state index contributed by atoms with van der Waals surface area (Å²) in [4.78, 5) is 2.68. The van der Waals surface area contributed by atoms with E-state index in [0.717, 1.165) is 13.1 Å². The lowest BCUT2D eigenvalue weighted by atomic mass is 9.85. The first kappa shape index (κ1) is 22.0. The highest BCUT2D eigenvalue weighted by Crippen LogP contribution is 2.36. The first-order chi connectivity index (χ1) is 9.38. The summed E-state index contributed by atoms with van der Waals surface area (Å²) >= 11 is 0. The van der Waals surface area contributed by atoms with Crippen LogP contribution in [0.15, 0.2) is 24.3 Å². The van der Waals surface area contributed by atoms with E-state index >= 15 is 0 Å². The van der Waals surface area contributed by atoms with Crippen LogP contribution in [0.4, 0.5) is 0 Å². The summed E-state index contributed by atoms with van der Waals surface area (Å²) in [7, 11) is 2.02. The zero-order valence-electron chi connectivity index (χ0n) is 13.1. The predicted molar refractivity (Wildman–Crippen MR) is 101 cm³/mol. The second kappa shape index (κ2) is 10.7. The lowest BCUT2D eigenvalue weighted by molar-refractivity contribution is 0.116. The molecule has 0 amide bonds. The molecule has 1 saturated heterocycles. The van der Waals surface area contributed by atoms with Crippen LogP contribution in [0.1, 0.15) is 30.0 Å². The van der Waals surface area contributed by atoms with E-state index < -0.39 is 0 Å². The molecule has 2 atom stereocenters. The Morgan fingerprint density at radius 1 is 1.09 bits per heavy atom. The number of likely N-dealkylation sites (N-methyl/N-ethyl adjacent to an activating group) is 1. The fourth-order valence-corrected chi connectivity index (χ4v) is 3.54. The van der Waals surface area contributed by atoms with Gasteiger partial charge in [0.15, 0.2) is 0 Å². The average Bonchev–Trinajstić information content (AvgIpc) is 2.47. The molecule has 2 aliphatic rings. The largest absolute Gasteiger partial charge is 0.318 e. The summed E-state index contributed by atoms with van der Waals surface area (Å²) in [5.74, 6) is 0. The van der Waals surface area contributed by atoms with Crippen molar-refractivity contribution in [3.05, 3.63) is 35.4 Å². The van der Waals surface area contributed by atoms with E-state index in [2.05, 4.69) is 39.8 Å². The molecule has 0 aliphatic carbocycles. The van der Waals surface area contributed by atoms with E-state index in [1.807, 2.05) is 7.05 Å². The standard InChI is InChI=1S/C16H25N3.3ClH/c1-17-8-9-18-14-7-11-19-10-6-13-4-2-3-5-15(13)16(19)12-14;;;/h2-5,14,16-18H,6-12H2,1H3;3*1H/t14-,16+;;;/m1.../s1. The number of nitrogens with one attached hydrogen (secondary N) is 2. The molecule has 2 N–H and O–H groups in total. The van der Waals surface area contributed by atoms with Crippen molar-refractivity contribution in [1.29, 1.82) is 0 Å². The van der Waals surface area contributed by atoms with Crippen molar-refractivity contribution < 1.29 is 0 Å². The van der Waals surface area contributed by atoms with Crippen LogP contribution in [0.25, 0.3) is 0 Å². The summed E-state index contributed by atoms with van der Waals surface area (Å²) in [5.41, 5.74) is 3.15. The average molecular weight is 369 g/mol. The third-order valence-corrected chi connectivity index (χ3v) is 4.60. The molecule has 0 unspecified atom stereocenters. The normalized spacial score (nSPS) is 23.1. The molecule has 3 rings (SSSR count). The Bertz CT molecular complexity index is 431. The number of halogens is 3. The first-order valence-electron chi connectivity index (χ1n) is 7.58. The predicted octanol–water partition coefficient (Wildman–Crippen LogP) is 2.82. The van der Waals surface area contributed by atoms with Gasteiger partial charge in [0.1, 0.15) is 0 Å². The topological polar surface area (TPSA) is 27.3 Å². The summed E-state index contributed by atoms with van der Waals surface area (Å²) in [6.07, 6.45) is 3.79. The van der Waals surface area contributed by atoms with Crippen molar-refractivity contribution in [2.45, 2.75) is 31.3 Å². The Balaban J connectivity index is 0.00000147. The minimum atomic E-state index is 0. The molecule has 0 radical (unpaired) electrons. The number of hydrogen-bond acceptors (Lipinski definition) is 3. The maximum absolute atomic E-state index is 3.70. The van der Waals surface area contributed by atoms with Crippen LogP contribution in [-0.2, 0) is 6.42 Å². The first-order valence-corrected chi connectivity index (χ1v) is 7.58. The molecular weight excluding hydrogens is 341 g/mol. The molecule has 1 aromatic rings. The maximum Gasteiger partial charge on any atom is 0.0365 e. The SMILES string of the molecule is CNCCN[C@@H]1CCN2CCc3ccccc3[C@@H]2C1.Cl.Cl.Cl. The van der Waals surface area contributed by atoms with Gasteiger partial charge < -0.3 is 10.6 Å². The minimum absolute atomic E-state index is 0. The molecule has 22 heavy (non-hydrogen) atoms. The number of fused-ring (bicyclic) bond motifs is 3. The summed E-state index contributed by atoms with van der Waals surface area (Å²) < 4.78 is 0. The number of hydrogen-bond donors (Lipinski definition) is 2. The van der Waals surface area contributed by atoms with Crippen LogP contribution in [0.3, 0.4) is 0 Å². The number of piperidine rings is 1. The second-order valence-corrected chi connectivity index (χ2v) is 5.78. The highest BCUT2D eigenvalue weighted by Gasteiger charge is 2.32. The Hall–Kier alpha value is -0.0300. The monoisotopic (exact) mass is 367 g/mol. The van der Waals surface area contributed by atoms with Crippen LogP contribution >= 0.6 is 37.2 Å². The third-order valence-electron chi connectivity index (χ3n) is 4.60. The lowest BCUT2D eigenvalue weighted by Crippen LogP contribution is -2.47. The van der Waals surface area contributed by atoms with Gasteiger partial charge in [-0.15, -0.1) is 37.2 Å². The van der Waals surface area contributed by atoms with Crippen molar-refractivity contribution >= 4 is 37.2 Å². The fourth-order valence-electron chi connectivity index (χ4n) is 3.54. The van der Waals surface area contributed by atoms with Crippen LogP contribution in [0.5, 0.6) is 0 Å². The van der Waals surface area contributed by atoms with Crippen LogP contribution in [0, 0.1) is 0 Å². The number of rotatable bonds is 4. The van der Waals surface area contributed by atoms with E-state index in [9.17, 15) is 0 Å². The highest BCUT2D eigenvalue weighted by atomic mass is 35.5. The van der Waals surface area contributed by atoms with Gasteiger partial charge in [-0.25, -0.2) is 0 Å². The van der Waals surface area contributed by atoms with Gasteiger partial charge in [-0.1, -0.05) is 24.3 Å². The van der Waals surface area contributed by atoms with E-state index in [1.165, 1.54) is 32.4 Å². The van der Waals surface area contributed by atoms with Crippen molar-refractivity contribution in [3.8, 4) is 0 Å². The van der Waals surface area contributed by atoms with Gasteiger partial charge in [-0.2, -0.15) is 0 Å². The van der Waals surface area contributed by atoms with E-state index in [-0.39, 0.29) is 37.2 Å².